The smallest absolute Gasteiger partial charge is 0.0995 e. The lowest BCUT2D eigenvalue weighted by molar-refractivity contribution is 0.875. The van der Waals surface area contributed by atoms with Gasteiger partial charge in [-0.3, -0.25) is 0 Å². The van der Waals surface area contributed by atoms with Crippen molar-refractivity contribution in [2.75, 3.05) is 0 Å². The molecule has 4 heteroatoms. The van der Waals surface area contributed by atoms with E-state index < -0.39 is 0 Å². The Kier molecular flexibility index (Phi) is 3.55. The Morgan fingerprint density at radius 3 is 2.56 bits per heavy atom. The largest absolute Gasteiger partial charge is 0.320 e. The van der Waals surface area contributed by atoms with Gasteiger partial charge in [0.1, 0.15) is 0 Å². The molecule has 0 bridgehead atoms. The van der Waals surface area contributed by atoms with Crippen LogP contribution in [0.4, 0.5) is 0 Å². The molecule has 1 aromatic carbocycles. The molecule has 2 aromatic rings. The fraction of sp³-hybridized carbons (Fsp3) is 0.167. The summed E-state index contributed by atoms with van der Waals surface area (Å²) in [6.07, 6.45) is 0. The summed E-state index contributed by atoms with van der Waals surface area (Å²) < 4.78 is 1.34. The zero-order chi connectivity index (χ0) is 11.7. The highest BCUT2D eigenvalue weighted by Gasteiger charge is 2.15. The second-order valence-electron chi connectivity index (χ2n) is 3.67. The summed E-state index contributed by atoms with van der Waals surface area (Å²) >= 11 is 13.3. The number of hydrogen-bond donors (Lipinski definition) is 1. The predicted molar refractivity (Wildman–Crippen MR) is 71.5 cm³/mol. The summed E-state index contributed by atoms with van der Waals surface area (Å²) in [5, 5.41) is 0. The predicted octanol–water partition coefficient (Wildman–Crippen LogP) is 4.41. The molecule has 0 aliphatic carbocycles. The molecule has 0 aliphatic heterocycles. The molecule has 16 heavy (non-hydrogen) atoms. The third-order valence-corrected chi connectivity index (χ3v) is 3.94. The van der Waals surface area contributed by atoms with Crippen LogP contribution in [0.3, 0.4) is 0 Å². The minimum absolute atomic E-state index is 0.212. The topological polar surface area (TPSA) is 26.0 Å². The van der Waals surface area contributed by atoms with E-state index in [0.717, 1.165) is 11.1 Å². The van der Waals surface area contributed by atoms with Crippen molar-refractivity contribution in [3.8, 4) is 0 Å². The maximum Gasteiger partial charge on any atom is 0.0995 e. The van der Waals surface area contributed by atoms with Crippen LogP contribution >= 0.6 is 34.5 Å². The van der Waals surface area contributed by atoms with Gasteiger partial charge in [0.15, 0.2) is 0 Å². The van der Waals surface area contributed by atoms with Crippen LogP contribution in [-0.2, 0) is 0 Å². The van der Waals surface area contributed by atoms with E-state index >= 15 is 0 Å². The van der Waals surface area contributed by atoms with Crippen LogP contribution in [0.1, 0.15) is 22.7 Å². The van der Waals surface area contributed by atoms with Gasteiger partial charge in [0.25, 0.3) is 0 Å². The zero-order valence-corrected chi connectivity index (χ0v) is 11.0. The quantitative estimate of drug-likeness (QED) is 0.860. The first-order valence-electron chi connectivity index (χ1n) is 4.85. The van der Waals surface area contributed by atoms with Crippen LogP contribution in [0.15, 0.2) is 30.3 Å². The van der Waals surface area contributed by atoms with Crippen molar-refractivity contribution in [3.05, 3.63) is 55.7 Å². The lowest BCUT2D eigenvalue weighted by Crippen LogP contribution is -2.11. The Bertz CT molecular complexity index is 507. The van der Waals surface area contributed by atoms with E-state index in [1.807, 2.05) is 31.2 Å². The van der Waals surface area contributed by atoms with E-state index in [1.165, 1.54) is 16.9 Å². The second kappa shape index (κ2) is 4.76. The van der Waals surface area contributed by atoms with Crippen LogP contribution in [-0.4, -0.2) is 0 Å². The molecule has 0 amide bonds. The molecule has 1 nitrogen and oxygen atoms in total. The van der Waals surface area contributed by atoms with Crippen molar-refractivity contribution in [1.82, 2.24) is 0 Å². The van der Waals surface area contributed by atoms with Crippen LogP contribution in [0.2, 0.25) is 8.67 Å². The van der Waals surface area contributed by atoms with Crippen molar-refractivity contribution in [2.45, 2.75) is 13.0 Å². The highest BCUT2D eigenvalue weighted by Crippen LogP contribution is 2.36. The van der Waals surface area contributed by atoms with Gasteiger partial charge in [0.05, 0.1) is 14.7 Å². The average Bonchev–Trinajstić information content (AvgIpc) is 2.57. The van der Waals surface area contributed by atoms with Gasteiger partial charge in [-0.25, -0.2) is 0 Å². The zero-order valence-electron chi connectivity index (χ0n) is 8.71. The van der Waals surface area contributed by atoms with Gasteiger partial charge >= 0.3 is 0 Å². The van der Waals surface area contributed by atoms with E-state index in [4.69, 9.17) is 28.9 Å². The monoisotopic (exact) mass is 271 g/mol. The Labute approximate surface area is 109 Å². The van der Waals surface area contributed by atoms with Crippen LogP contribution in [0, 0.1) is 6.92 Å². The van der Waals surface area contributed by atoms with Gasteiger partial charge in [0.2, 0.25) is 0 Å². The maximum absolute atomic E-state index is 6.16. The first-order chi connectivity index (χ1) is 7.58. The Morgan fingerprint density at radius 1 is 1.25 bits per heavy atom. The highest BCUT2D eigenvalue weighted by atomic mass is 35.5. The van der Waals surface area contributed by atoms with Crippen molar-refractivity contribution in [3.63, 3.8) is 0 Å². The first-order valence-corrected chi connectivity index (χ1v) is 6.42. The number of aryl methyl sites for hydroxylation is 1. The lowest BCUT2D eigenvalue weighted by Gasteiger charge is -2.11. The summed E-state index contributed by atoms with van der Waals surface area (Å²) in [7, 11) is 0. The second-order valence-corrected chi connectivity index (χ2v) is 5.96. The van der Waals surface area contributed by atoms with Crippen LogP contribution < -0.4 is 5.73 Å². The summed E-state index contributed by atoms with van der Waals surface area (Å²) in [6, 6.07) is 9.72. The standard InChI is InChI=1S/C12H11Cl2NS/c1-7-3-2-4-8(5-7)11(15)9-6-10(13)16-12(9)14/h2-6,11H,15H2,1H3. The van der Waals surface area contributed by atoms with Crippen molar-refractivity contribution < 1.29 is 0 Å². The molecule has 1 unspecified atom stereocenters. The number of rotatable bonds is 2. The van der Waals surface area contributed by atoms with E-state index in [2.05, 4.69) is 6.07 Å². The molecule has 0 radical (unpaired) electrons. The van der Waals surface area contributed by atoms with Crippen molar-refractivity contribution in [1.29, 1.82) is 0 Å². The summed E-state index contributed by atoms with van der Waals surface area (Å²) in [4.78, 5) is 0. The van der Waals surface area contributed by atoms with Crippen molar-refractivity contribution in [2.24, 2.45) is 5.73 Å². The summed E-state index contributed by atoms with van der Waals surface area (Å²) in [5.41, 5.74) is 9.29. The van der Waals surface area contributed by atoms with Gasteiger partial charge in [0, 0.05) is 5.56 Å². The average molecular weight is 272 g/mol. The van der Waals surface area contributed by atoms with Gasteiger partial charge in [-0.15, -0.1) is 11.3 Å². The molecule has 1 heterocycles. The third kappa shape index (κ3) is 2.41. The molecule has 1 atom stereocenters. The van der Waals surface area contributed by atoms with Gasteiger partial charge in [-0.2, -0.15) is 0 Å². The molecular weight excluding hydrogens is 261 g/mol. The van der Waals surface area contributed by atoms with Gasteiger partial charge < -0.3 is 5.73 Å². The summed E-state index contributed by atoms with van der Waals surface area (Å²) in [5.74, 6) is 0. The van der Waals surface area contributed by atoms with Gasteiger partial charge in [-0.05, 0) is 18.6 Å². The molecule has 0 spiro atoms. The number of nitrogens with two attached hydrogens (primary N) is 1. The Morgan fingerprint density at radius 2 is 2.00 bits per heavy atom. The SMILES string of the molecule is Cc1cccc(C(N)c2cc(Cl)sc2Cl)c1. The molecule has 84 valence electrons. The Hall–Kier alpha value is -0.540. The number of thiophene rings is 1. The minimum atomic E-state index is -0.212. The third-order valence-electron chi connectivity index (χ3n) is 2.42. The fourth-order valence-electron chi connectivity index (χ4n) is 1.61. The first kappa shape index (κ1) is 11.9. The Balaban J connectivity index is 2.38. The molecule has 0 saturated carbocycles. The normalized spacial score (nSPS) is 12.8. The van der Waals surface area contributed by atoms with E-state index in [-0.39, 0.29) is 6.04 Å². The molecule has 2 rings (SSSR count). The molecule has 2 N–H and O–H groups in total. The minimum Gasteiger partial charge on any atom is -0.320 e. The van der Waals surface area contributed by atoms with Crippen LogP contribution in [0.5, 0.6) is 0 Å². The fourth-order valence-corrected chi connectivity index (χ4v) is 3.16. The highest BCUT2D eigenvalue weighted by molar-refractivity contribution is 7.20. The van der Waals surface area contributed by atoms with E-state index in [1.54, 1.807) is 0 Å². The van der Waals surface area contributed by atoms with E-state index in [9.17, 15) is 0 Å². The molecular formula is C12H11Cl2NS. The maximum atomic E-state index is 6.16. The van der Waals surface area contributed by atoms with Crippen molar-refractivity contribution >= 4 is 34.5 Å². The van der Waals surface area contributed by atoms with Gasteiger partial charge in [-0.1, -0.05) is 53.0 Å². The van der Waals surface area contributed by atoms with E-state index in [0.29, 0.717) is 8.67 Å². The molecule has 0 saturated heterocycles. The number of hydrogen-bond acceptors (Lipinski definition) is 2. The molecule has 0 fully saturated rings. The number of halogens is 2. The molecule has 1 aromatic heterocycles. The van der Waals surface area contributed by atoms with Crippen LogP contribution in [0.25, 0.3) is 0 Å². The lowest BCUT2D eigenvalue weighted by atomic mass is 10.0. The molecule has 0 aliphatic rings. The number of benzene rings is 1. The summed E-state index contributed by atoms with van der Waals surface area (Å²) in [6.45, 7) is 2.04.